The first kappa shape index (κ1) is 17.1. The molecule has 2 unspecified atom stereocenters. The van der Waals surface area contributed by atoms with Crippen LogP contribution in [-0.4, -0.2) is 46.1 Å². The molecule has 1 heterocycles. The van der Waals surface area contributed by atoms with E-state index < -0.39 is 10.0 Å². The van der Waals surface area contributed by atoms with Crippen LogP contribution in [0.15, 0.2) is 17.0 Å². The first-order valence-corrected chi connectivity index (χ1v) is 8.73. The summed E-state index contributed by atoms with van der Waals surface area (Å²) in [5.74, 6) is 1.14. The second-order valence-electron chi connectivity index (χ2n) is 5.74. The Kier molecular flexibility index (Phi) is 4.99. The van der Waals surface area contributed by atoms with E-state index in [1.54, 1.807) is 13.0 Å². The highest BCUT2D eigenvalue weighted by molar-refractivity contribution is 7.89. The molecule has 0 amide bonds. The Morgan fingerprint density at radius 3 is 2.36 bits per heavy atom. The monoisotopic (exact) mass is 328 g/mol. The number of aryl methyl sites for hydroxylation is 1. The quantitative estimate of drug-likeness (QED) is 0.883. The Bertz CT molecular complexity index is 643. The SMILES string of the molecule is COc1cc(C)c(S(=O)(=O)N2CCC(C(C)N)C2)cc1OC. The van der Waals surface area contributed by atoms with Crippen LogP contribution in [0.4, 0.5) is 0 Å². The summed E-state index contributed by atoms with van der Waals surface area (Å²) in [4.78, 5) is 0.260. The van der Waals surface area contributed by atoms with Gasteiger partial charge in [-0.1, -0.05) is 0 Å². The molecule has 1 aliphatic heterocycles. The van der Waals surface area contributed by atoms with Crippen LogP contribution >= 0.6 is 0 Å². The number of ether oxygens (including phenoxy) is 2. The third-order valence-electron chi connectivity index (χ3n) is 4.23. The molecule has 1 fully saturated rings. The van der Waals surface area contributed by atoms with Crippen LogP contribution in [0.25, 0.3) is 0 Å². The number of nitrogens with zero attached hydrogens (tertiary/aromatic N) is 1. The standard InChI is InChI=1S/C15H24N2O4S/c1-10-7-13(20-3)14(21-4)8-15(10)22(18,19)17-6-5-12(9-17)11(2)16/h7-8,11-12H,5-6,9,16H2,1-4H3. The molecule has 0 aromatic heterocycles. The van der Waals surface area contributed by atoms with Crippen molar-refractivity contribution in [3.63, 3.8) is 0 Å². The van der Waals surface area contributed by atoms with Gasteiger partial charge in [-0.15, -0.1) is 0 Å². The van der Waals surface area contributed by atoms with Crippen LogP contribution in [0.3, 0.4) is 0 Å². The van der Waals surface area contributed by atoms with Gasteiger partial charge in [-0.25, -0.2) is 8.42 Å². The largest absolute Gasteiger partial charge is 0.493 e. The predicted octanol–water partition coefficient (Wildman–Crippen LogP) is 1.37. The van der Waals surface area contributed by atoms with Gasteiger partial charge in [-0.3, -0.25) is 0 Å². The molecule has 7 heteroatoms. The highest BCUT2D eigenvalue weighted by Crippen LogP contribution is 2.35. The molecule has 2 N–H and O–H groups in total. The van der Waals surface area contributed by atoms with Gasteiger partial charge in [-0.05, 0) is 37.8 Å². The first-order chi connectivity index (χ1) is 10.3. The second-order valence-corrected chi connectivity index (χ2v) is 7.65. The summed E-state index contributed by atoms with van der Waals surface area (Å²) in [6.45, 7) is 4.65. The topological polar surface area (TPSA) is 81.9 Å². The van der Waals surface area contributed by atoms with Gasteiger partial charge < -0.3 is 15.2 Å². The minimum atomic E-state index is -3.55. The Morgan fingerprint density at radius 2 is 1.86 bits per heavy atom. The lowest BCUT2D eigenvalue weighted by Gasteiger charge is -2.20. The molecule has 22 heavy (non-hydrogen) atoms. The Balaban J connectivity index is 2.38. The van der Waals surface area contributed by atoms with Crippen molar-refractivity contribution >= 4 is 10.0 Å². The number of methoxy groups -OCH3 is 2. The number of hydrogen-bond acceptors (Lipinski definition) is 5. The van der Waals surface area contributed by atoms with Crippen molar-refractivity contribution in [3.05, 3.63) is 17.7 Å². The smallest absolute Gasteiger partial charge is 0.243 e. The molecule has 2 rings (SSSR count). The molecule has 0 spiro atoms. The van der Waals surface area contributed by atoms with E-state index in [4.69, 9.17) is 15.2 Å². The number of hydrogen-bond donors (Lipinski definition) is 1. The summed E-state index contributed by atoms with van der Waals surface area (Å²) in [5, 5.41) is 0. The molecular weight excluding hydrogens is 304 g/mol. The van der Waals surface area contributed by atoms with E-state index in [2.05, 4.69) is 0 Å². The average Bonchev–Trinajstić information content (AvgIpc) is 2.97. The van der Waals surface area contributed by atoms with Crippen molar-refractivity contribution in [2.45, 2.75) is 31.2 Å². The van der Waals surface area contributed by atoms with Crippen LogP contribution in [0.1, 0.15) is 18.9 Å². The summed E-state index contributed by atoms with van der Waals surface area (Å²) < 4.78 is 37.7. The van der Waals surface area contributed by atoms with Gasteiger partial charge in [0, 0.05) is 25.2 Å². The predicted molar refractivity (Wildman–Crippen MR) is 84.8 cm³/mol. The fourth-order valence-electron chi connectivity index (χ4n) is 2.78. The minimum Gasteiger partial charge on any atom is -0.493 e. The van der Waals surface area contributed by atoms with Crippen LogP contribution in [0.2, 0.25) is 0 Å². The van der Waals surface area contributed by atoms with Gasteiger partial charge in [0.15, 0.2) is 11.5 Å². The molecule has 1 aromatic rings. The van der Waals surface area contributed by atoms with Gasteiger partial charge in [0.2, 0.25) is 10.0 Å². The number of benzene rings is 1. The summed E-state index contributed by atoms with van der Waals surface area (Å²) in [7, 11) is -0.533. The third kappa shape index (κ3) is 3.06. The molecular formula is C15H24N2O4S. The lowest BCUT2D eigenvalue weighted by molar-refractivity contribution is 0.353. The summed E-state index contributed by atoms with van der Waals surface area (Å²) >= 11 is 0. The van der Waals surface area contributed by atoms with Crippen LogP contribution in [0.5, 0.6) is 11.5 Å². The molecule has 6 nitrogen and oxygen atoms in total. The van der Waals surface area contributed by atoms with Gasteiger partial charge in [0.05, 0.1) is 19.1 Å². The van der Waals surface area contributed by atoms with Gasteiger partial charge in [0.25, 0.3) is 0 Å². The fraction of sp³-hybridized carbons (Fsp3) is 0.600. The van der Waals surface area contributed by atoms with Gasteiger partial charge >= 0.3 is 0 Å². The van der Waals surface area contributed by atoms with Crippen LogP contribution in [0, 0.1) is 12.8 Å². The zero-order chi connectivity index (χ0) is 16.5. The Hall–Kier alpha value is -1.31. The molecule has 1 aliphatic rings. The van der Waals surface area contributed by atoms with Crippen molar-refractivity contribution < 1.29 is 17.9 Å². The molecule has 1 aromatic carbocycles. The maximum atomic E-state index is 12.9. The molecule has 0 bridgehead atoms. The van der Waals surface area contributed by atoms with Gasteiger partial charge in [0.1, 0.15) is 0 Å². The molecule has 0 saturated carbocycles. The highest BCUT2D eigenvalue weighted by atomic mass is 32.2. The molecule has 2 atom stereocenters. The van der Waals surface area contributed by atoms with Crippen molar-refractivity contribution in [3.8, 4) is 11.5 Å². The minimum absolute atomic E-state index is 0.00768. The normalized spacial score (nSPS) is 20.9. The maximum Gasteiger partial charge on any atom is 0.243 e. The number of rotatable bonds is 5. The Morgan fingerprint density at radius 1 is 1.27 bits per heavy atom. The highest BCUT2D eigenvalue weighted by Gasteiger charge is 2.35. The van der Waals surface area contributed by atoms with E-state index >= 15 is 0 Å². The third-order valence-corrected chi connectivity index (χ3v) is 6.24. The molecule has 1 saturated heterocycles. The lowest BCUT2D eigenvalue weighted by atomic mass is 10.0. The number of nitrogens with two attached hydrogens (primary N) is 1. The first-order valence-electron chi connectivity index (χ1n) is 7.29. The van der Waals surface area contributed by atoms with E-state index in [1.807, 2.05) is 6.92 Å². The van der Waals surface area contributed by atoms with E-state index in [-0.39, 0.29) is 16.9 Å². The average molecular weight is 328 g/mol. The maximum absolute atomic E-state index is 12.9. The number of sulfonamides is 1. The van der Waals surface area contributed by atoms with E-state index in [1.165, 1.54) is 24.6 Å². The summed E-state index contributed by atoms with van der Waals surface area (Å²) in [6.07, 6.45) is 0.795. The lowest BCUT2D eigenvalue weighted by Crippen LogP contribution is -2.33. The summed E-state index contributed by atoms with van der Waals surface area (Å²) in [5.41, 5.74) is 6.54. The van der Waals surface area contributed by atoms with E-state index in [9.17, 15) is 8.42 Å². The fourth-order valence-corrected chi connectivity index (χ4v) is 4.51. The van der Waals surface area contributed by atoms with Crippen molar-refractivity contribution in [2.24, 2.45) is 11.7 Å². The zero-order valence-corrected chi connectivity index (χ0v) is 14.3. The van der Waals surface area contributed by atoms with E-state index in [0.717, 1.165) is 6.42 Å². The molecule has 0 radical (unpaired) electrons. The molecule has 0 aliphatic carbocycles. The van der Waals surface area contributed by atoms with Crippen molar-refractivity contribution in [1.29, 1.82) is 0 Å². The van der Waals surface area contributed by atoms with Gasteiger partial charge in [-0.2, -0.15) is 4.31 Å². The summed E-state index contributed by atoms with van der Waals surface area (Å²) in [6, 6.07) is 3.21. The van der Waals surface area contributed by atoms with E-state index in [0.29, 0.717) is 30.2 Å². The second kappa shape index (κ2) is 6.44. The Labute approximate surface area is 132 Å². The van der Waals surface area contributed by atoms with Crippen LogP contribution in [-0.2, 0) is 10.0 Å². The van der Waals surface area contributed by atoms with Crippen molar-refractivity contribution in [1.82, 2.24) is 4.31 Å². The van der Waals surface area contributed by atoms with Crippen LogP contribution < -0.4 is 15.2 Å². The molecule has 124 valence electrons. The van der Waals surface area contributed by atoms with Crippen molar-refractivity contribution in [2.75, 3.05) is 27.3 Å². The zero-order valence-electron chi connectivity index (χ0n) is 13.5.